The van der Waals surface area contributed by atoms with Crippen LogP contribution in [0.2, 0.25) is 0 Å². The van der Waals surface area contributed by atoms with Gasteiger partial charge < -0.3 is 0 Å². The summed E-state index contributed by atoms with van der Waals surface area (Å²) in [5, 5.41) is 2.51. The molecule has 0 fully saturated rings. The quantitative estimate of drug-likeness (QED) is 0.261. The summed E-state index contributed by atoms with van der Waals surface area (Å²) in [6.07, 6.45) is 14.1. The van der Waals surface area contributed by atoms with Crippen molar-refractivity contribution in [1.82, 2.24) is 9.55 Å². The van der Waals surface area contributed by atoms with Gasteiger partial charge in [0.2, 0.25) is 0 Å². The standard InChI is InChI=1S/C34H26N2/c1-2-23(21-31-27-13-5-3-11-25(27)26-12-4-6-14-28(26)31)24-19-20-34(35-22-24)36-32-17-9-7-15-29(32)30-16-8-10-18-33(30)36/h2-20,22,25H,21H2,1H3/b23-2+. The van der Waals surface area contributed by atoms with Crippen molar-refractivity contribution in [2.45, 2.75) is 19.3 Å². The van der Waals surface area contributed by atoms with Gasteiger partial charge in [-0.3, -0.25) is 4.57 Å². The van der Waals surface area contributed by atoms with Gasteiger partial charge in [0.15, 0.2) is 0 Å². The Balaban J connectivity index is 1.27. The zero-order valence-electron chi connectivity index (χ0n) is 20.2. The zero-order valence-corrected chi connectivity index (χ0v) is 20.2. The van der Waals surface area contributed by atoms with E-state index in [1.54, 1.807) is 0 Å². The van der Waals surface area contributed by atoms with Crippen LogP contribution in [-0.4, -0.2) is 9.55 Å². The number of benzene rings is 3. The fraction of sp³-hybridized carbons (Fsp3) is 0.0882. The number of rotatable bonds is 4. The normalized spacial score (nSPS) is 16.7. The Hall–Kier alpha value is -4.43. The van der Waals surface area contributed by atoms with Crippen molar-refractivity contribution in [3.05, 3.63) is 144 Å². The number of nitrogens with zero attached hydrogens (tertiary/aromatic N) is 2. The highest BCUT2D eigenvalue weighted by Crippen LogP contribution is 2.47. The first-order valence-corrected chi connectivity index (χ1v) is 12.6. The van der Waals surface area contributed by atoms with E-state index in [-0.39, 0.29) is 0 Å². The third-order valence-corrected chi connectivity index (χ3v) is 7.64. The van der Waals surface area contributed by atoms with Gasteiger partial charge in [0.05, 0.1) is 11.0 Å². The van der Waals surface area contributed by atoms with Crippen molar-refractivity contribution in [3.63, 3.8) is 0 Å². The number of hydrogen-bond donors (Lipinski definition) is 0. The lowest BCUT2D eigenvalue weighted by molar-refractivity contribution is 1.05. The molecule has 0 bridgehead atoms. The molecule has 7 rings (SSSR count). The van der Waals surface area contributed by atoms with E-state index in [0.717, 1.165) is 12.2 Å². The third-order valence-electron chi connectivity index (χ3n) is 7.64. The Kier molecular flexibility index (Phi) is 4.85. The highest BCUT2D eigenvalue weighted by Gasteiger charge is 2.29. The number of aromatic nitrogens is 2. The molecule has 3 aromatic carbocycles. The van der Waals surface area contributed by atoms with Crippen LogP contribution in [0.5, 0.6) is 0 Å². The van der Waals surface area contributed by atoms with Gasteiger partial charge in [0.25, 0.3) is 0 Å². The highest BCUT2D eigenvalue weighted by atomic mass is 15.1. The molecule has 0 radical (unpaired) electrons. The number of pyridine rings is 1. The second-order valence-corrected chi connectivity index (χ2v) is 9.51. The van der Waals surface area contributed by atoms with Crippen LogP contribution in [0.25, 0.3) is 38.8 Å². The zero-order chi connectivity index (χ0) is 24.1. The minimum absolute atomic E-state index is 0.370. The first-order chi connectivity index (χ1) is 17.8. The Morgan fingerprint density at radius 2 is 1.56 bits per heavy atom. The Morgan fingerprint density at radius 1 is 0.833 bits per heavy atom. The SMILES string of the molecule is C/C=C(\CC1=C2C=CC=CC2c2ccccc21)c1ccc(-n2c3ccccc3c3ccccc32)nc1. The Bertz CT molecular complexity index is 1700. The van der Waals surface area contributed by atoms with Crippen LogP contribution in [0.4, 0.5) is 0 Å². The number of para-hydroxylation sites is 2. The lowest BCUT2D eigenvalue weighted by atomic mass is 9.91. The minimum atomic E-state index is 0.370. The van der Waals surface area contributed by atoms with Crippen molar-refractivity contribution in [1.29, 1.82) is 0 Å². The maximum atomic E-state index is 4.97. The average Bonchev–Trinajstić information content (AvgIpc) is 3.45. The van der Waals surface area contributed by atoms with Crippen molar-refractivity contribution < 1.29 is 0 Å². The lowest BCUT2D eigenvalue weighted by Gasteiger charge is -2.14. The molecule has 2 aliphatic carbocycles. The van der Waals surface area contributed by atoms with E-state index >= 15 is 0 Å². The van der Waals surface area contributed by atoms with Crippen LogP contribution in [-0.2, 0) is 0 Å². The summed E-state index contributed by atoms with van der Waals surface area (Å²) in [4.78, 5) is 4.97. The molecule has 0 aliphatic heterocycles. The van der Waals surface area contributed by atoms with Gasteiger partial charge in [0.1, 0.15) is 5.82 Å². The van der Waals surface area contributed by atoms with Crippen LogP contribution in [0, 0.1) is 0 Å². The molecule has 1 unspecified atom stereocenters. The first kappa shape index (κ1) is 20.9. The molecule has 0 amide bonds. The second kappa shape index (κ2) is 8.35. The molecule has 0 N–H and O–H groups in total. The fourth-order valence-corrected chi connectivity index (χ4v) is 5.94. The van der Waals surface area contributed by atoms with Gasteiger partial charge >= 0.3 is 0 Å². The summed E-state index contributed by atoms with van der Waals surface area (Å²) in [7, 11) is 0. The van der Waals surface area contributed by atoms with Gasteiger partial charge in [-0.05, 0) is 71.0 Å². The summed E-state index contributed by atoms with van der Waals surface area (Å²) >= 11 is 0. The van der Waals surface area contributed by atoms with Gasteiger partial charge in [-0.25, -0.2) is 4.98 Å². The minimum Gasteiger partial charge on any atom is -0.294 e. The van der Waals surface area contributed by atoms with E-state index in [1.807, 2.05) is 6.20 Å². The maximum Gasteiger partial charge on any atom is 0.137 e. The van der Waals surface area contributed by atoms with Crippen LogP contribution in [0.15, 0.2) is 127 Å². The third kappa shape index (κ3) is 3.15. The summed E-state index contributed by atoms with van der Waals surface area (Å²) in [5.74, 6) is 1.32. The van der Waals surface area contributed by atoms with Gasteiger partial charge in [0, 0.05) is 22.9 Å². The molecule has 2 aliphatic rings. The molecule has 2 nitrogen and oxygen atoms in total. The van der Waals surface area contributed by atoms with E-state index < -0.39 is 0 Å². The summed E-state index contributed by atoms with van der Waals surface area (Å²) < 4.78 is 2.27. The molecule has 2 heterocycles. The van der Waals surface area contributed by atoms with Crippen LogP contribution in [0.3, 0.4) is 0 Å². The lowest BCUT2D eigenvalue weighted by Crippen LogP contribution is -1.98. The largest absolute Gasteiger partial charge is 0.294 e. The number of hydrogen-bond acceptors (Lipinski definition) is 1. The maximum absolute atomic E-state index is 4.97. The van der Waals surface area contributed by atoms with Gasteiger partial charge in [-0.2, -0.15) is 0 Å². The molecular weight excluding hydrogens is 436 g/mol. The molecule has 2 aromatic heterocycles. The smallest absolute Gasteiger partial charge is 0.137 e. The van der Waals surface area contributed by atoms with Crippen molar-refractivity contribution in [3.8, 4) is 5.82 Å². The summed E-state index contributed by atoms with van der Waals surface area (Å²) in [6, 6.07) is 30.4. The molecule has 5 aromatic rings. The van der Waals surface area contributed by atoms with Gasteiger partial charge in [-0.15, -0.1) is 0 Å². The number of fused-ring (bicyclic) bond motifs is 6. The molecule has 2 heteroatoms. The van der Waals surface area contributed by atoms with E-state index in [4.69, 9.17) is 4.98 Å². The molecule has 0 saturated carbocycles. The van der Waals surface area contributed by atoms with E-state index in [0.29, 0.717) is 5.92 Å². The van der Waals surface area contributed by atoms with Crippen LogP contribution in [0.1, 0.15) is 36.0 Å². The van der Waals surface area contributed by atoms with E-state index in [9.17, 15) is 0 Å². The van der Waals surface area contributed by atoms with Crippen LogP contribution < -0.4 is 0 Å². The summed E-state index contributed by atoms with van der Waals surface area (Å²) in [5.41, 5.74) is 10.5. The Morgan fingerprint density at radius 3 is 2.28 bits per heavy atom. The monoisotopic (exact) mass is 462 g/mol. The molecule has 36 heavy (non-hydrogen) atoms. The van der Waals surface area contributed by atoms with Crippen molar-refractivity contribution in [2.24, 2.45) is 0 Å². The molecular formula is C34H26N2. The number of allylic oxidation sites excluding steroid dienone is 8. The second-order valence-electron chi connectivity index (χ2n) is 9.51. The average molecular weight is 463 g/mol. The summed E-state index contributed by atoms with van der Waals surface area (Å²) in [6.45, 7) is 2.14. The van der Waals surface area contributed by atoms with Crippen LogP contribution >= 0.6 is 0 Å². The Labute approximate surface area is 211 Å². The van der Waals surface area contributed by atoms with Crippen molar-refractivity contribution in [2.75, 3.05) is 0 Å². The highest BCUT2D eigenvalue weighted by molar-refractivity contribution is 6.09. The van der Waals surface area contributed by atoms with E-state index in [1.165, 1.54) is 55.2 Å². The van der Waals surface area contributed by atoms with E-state index in [2.05, 4.69) is 127 Å². The molecule has 0 spiro atoms. The molecule has 0 saturated heterocycles. The predicted octanol–water partition coefficient (Wildman–Crippen LogP) is 8.65. The van der Waals surface area contributed by atoms with Crippen molar-refractivity contribution >= 4 is 33.0 Å². The van der Waals surface area contributed by atoms with Gasteiger partial charge in [-0.1, -0.05) is 91.0 Å². The molecule has 172 valence electrons. The first-order valence-electron chi connectivity index (χ1n) is 12.6. The fourth-order valence-electron chi connectivity index (χ4n) is 5.94. The molecule has 1 atom stereocenters. The predicted molar refractivity (Wildman–Crippen MR) is 151 cm³/mol. The topological polar surface area (TPSA) is 17.8 Å².